The quantitative estimate of drug-likeness (QED) is 0.438. The maximum absolute atomic E-state index is 13.3. The maximum Gasteiger partial charge on any atom is 0.224 e. The molecule has 170 valence electrons. The second kappa shape index (κ2) is 9.11. The molecule has 0 saturated carbocycles. The van der Waals surface area contributed by atoms with Crippen molar-refractivity contribution in [1.29, 1.82) is 0 Å². The molecule has 3 heterocycles. The highest BCUT2D eigenvalue weighted by atomic mass is 35.5. The van der Waals surface area contributed by atoms with Crippen LogP contribution in [0, 0.1) is 12.7 Å². The highest BCUT2D eigenvalue weighted by Crippen LogP contribution is 2.33. The Labute approximate surface area is 200 Å². The molecule has 1 aliphatic rings. The Balaban J connectivity index is 1.23. The lowest BCUT2D eigenvalue weighted by atomic mass is 10.0. The first-order valence-corrected chi connectivity index (χ1v) is 12.1. The predicted octanol–water partition coefficient (Wildman–Crippen LogP) is 4.91. The van der Waals surface area contributed by atoms with Crippen molar-refractivity contribution in [3.05, 3.63) is 70.6 Å². The van der Waals surface area contributed by atoms with Gasteiger partial charge in [-0.15, -0.1) is 0 Å². The molecule has 0 aliphatic carbocycles. The van der Waals surface area contributed by atoms with Crippen LogP contribution in [-0.2, 0) is 11.2 Å². The summed E-state index contributed by atoms with van der Waals surface area (Å²) in [5, 5.41) is 9.37. The summed E-state index contributed by atoms with van der Waals surface area (Å²) in [6.45, 7) is 3.61. The molecule has 1 N–H and O–H groups in total. The molecule has 5 rings (SSSR count). The van der Waals surface area contributed by atoms with Gasteiger partial charge in [-0.05, 0) is 61.7 Å². The van der Waals surface area contributed by atoms with Gasteiger partial charge in [-0.2, -0.15) is 10.1 Å². The SMILES string of the molecule is Cc1nn(-c2ccc(F)cc2)c2nc(N3CCC(NC(=O)Cc4ccc(Cl)cc4)CC3)sc12. The number of hydrogen-bond donors (Lipinski definition) is 1. The molecule has 33 heavy (non-hydrogen) atoms. The molecular weight excluding hydrogens is 461 g/mol. The van der Waals surface area contributed by atoms with Gasteiger partial charge in [0.1, 0.15) is 5.82 Å². The molecule has 2 aromatic heterocycles. The van der Waals surface area contributed by atoms with E-state index in [1.807, 2.05) is 19.1 Å². The van der Waals surface area contributed by atoms with E-state index in [0.29, 0.717) is 11.4 Å². The Kier molecular flexibility index (Phi) is 6.03. The molecule has 1 aliphatic heterocycles. The average Bonchev–Trinajstić information content (AvgIpc) is 3.37. The van der Waals surface area contributed by atoms with Gasteiger partial charge in [0.05, 0.1) is 22.5 Å². The molecule has 0 spiro atoms. The monoisotopic (exact) mass is 483 g/mol. The summed E-state index contributed by atoms with van der Waals surface area (Å²) in [4.78, 5) is 19.6. The number of hydrogen-bond acceptors (Lipinski definition) is 5. The molecule has 0 radical (unpaired) electrons. The number of fused-ring (bicyclic) bond motifs is 1. The van der Waals surface area contributed by atoms with Crippen LogP contribution in [0.25, 0.3) is 16.0 Å². The largest absolute Gasteiger partial charge is 0.353 e. The van der Waals surface area contributed by atoms with Crippen LogP contribution < -0.4 is 10.2 Å². The van der Waals surface area contributed by atoms with Crippen LogP contribution in [-0.4, -0.2) is 39.8 Å². The molecule has 4 aromatic rings. The Morgan fingerprint density at radius 1 is 1.15 bits per heavy atom. The normalized spacial score (nSPS) is 14.7. The lowest BCUT2D eigenvalue weighted by Gasteiger charge is -2.32. The first-order valence-electron chi connectivity index (χ1n) is 10.9. The van der Waals surface area contributed by atoms with Crippen LogP contribution in [0.15, 0.2) is 48.5 Å². The summed E-state index contributed by atoms with van der Waals surface area (Å²) in [5.41, 5.74) is 3.43. The fraction of sp³-hybridized carbons (Fsp3) is 0.292. The van der Waals surface area contributed by atoms with Crippen LogP contribution in [0.5, 0.6) is 0 Å². The molecule has 2 aromatic carbocycles. The lowest BCUT2D eigenvalue weighted by Crippen LogP contribution is -2.45. The summed E-state index contributed by atoms with van der Waals surface area (Å²) in [7, 11) is 0. The number of thiazole rings is 1. The summed E-state index contributed by atoms with van der Waals surface area (Å²) in [5.74, 6) is -0.244. The van der Waals surface area contributed by atoms with E-state index in [9.17, 15) is 9.18 Å². The van der Waals surface area contributed by atoms with Crippen molar-refractivity contribution in [2.45, 2.75) is 32.2 Å². The van der Waals surface area contributed by atoms with Crippen molar-refractivity contribution in [2.75, 3.05) is 18.0 Å². The van der Waals surface area contributed by atoms with Gasteiger partial charge < -0.3 is 10.2 Å². The van der Waals surface area contributed by atoms with Crippen molar-refractivity contribution in [3.63, 3.8) is 0 Å². The summed E-state index contributed by atoms with van der Waals surface area (Å²) in [6, 6.07) is 13.8. The van der Waals surface area contributed by atoms with Crippen molar-refractivity contribution in [1.82, 2.24) is 20.1 Å². The lowest BCUT2D eigenvalue weighted by molar-refractivity contribution is -0.121. The number of carbonyl (C=O) groups is 1. The number of aryl methyl sites for hydroxylation is 1. The highest BCUT2D eigenvalue weighted by molar-refractivity contribution is 7.22. The van der Waals surface area contributed by atoms with E-state index in [2.05, 4.69) is 15.3 Å². The van der Waals surface area contributed by atoms with E-state index in [-0.39, 0.29) is 17.8 Å². The molecule has 0 atom stereocenters. The second-order valence-electron chi connectivity index (χ2n) is 8.25. The Bertz CT molecular complexity index is 1280. The Morgan fingerprint density at radius 2 is 1.85 bits per heavy atom. The molecular formula is C24H23ClFN5OS. The summed E-state index contributed by atoms with van der Waals surface area (Å²) < 4.78 is 16.1. The number of piperidine rings is 1. The molecule has 6 nitrogen and oxygen atoms in total. The van der Waals surface area contributed by atoms with E-state index in [0.717, 1.165) is 58.4 Å². The molecule has 1 saturated heterocycles. The van der Waals surface area contributed by atoms with Crippen LogP contribution in [0.3, 0.4) is 0 Å². The molecule has 1 fully saturated rings. The third-order valence-electron chi connectivity index (χ3n) is 5.86. The fourth-order valence-corrected chi connectivity index (χ4v) is 5.27. The third-order valence-corrected chi connectivity index (χ3v) is 7.32. The number of anilines is 1. The first-order chi connectivity index (χ1) is 16.0. The van der Waals surface area contributed by atoms with Crippen LogP contribution >= 0.6 is 22.9 Å². The minimum absolute atomic E-state index is 0.0331. The van der Waals surface area contributed by atoms with Crippen LogP contribution in [0.4, 0.5) is 9.52 Å². The number of carbonyl (C=O) groups excluding carboxylic acids is 1. The zero-order valence-corrected chi connectivity index (χ0v) is 19.7. The standard InChI is InChI=1S/C24H23ClFN5OS/c1-15-22-23(31(29-15)20-8-6-18(26)7-9-20)28-24(33-22)30-12-10-19(11-13-30)27-21(32)14-16-2-4-17(25)5-3-16/h2-9,19H,10-14H2,1H3,(H,27,32). The van der Waals surface area contributed by atoms with Gasteiger partial charge in [0.15, 0.2) is 10.8 Å². The number of aromatic nitrogens is 3. The average molecular weight is 484 g/mol. The second-order valence-corrected chi connectivity index (χ2v) is 9.67. The van der Waals surface area contributed by atoms with Gasteiger partial charge in [0, 0.05) is 24.2 Å². The van der Waals surface area contributed by atoms with Crippen LogP contribution in [0.2, 0.25) is 5.02 Å². The zero-order valence-electron chi connectivity index (χ0n) is 18.1. The minimum atomic E-state index is -0.277. The molecule has 9 heteroatoms. The van der Waals surface area contributed by atoms with E-state index in [1.54, 1.807) is 40.3 Å². The number of rotatable bonds is 5. The minimum Gasteiger partial charge on any atom is -0.353 e. The van der Waals surface area contributed by atoms with Crippen molar-refractivity contribution < 1.29 is 9.18 Å². The Hall–Kier alpha value is -2.97. The number of halogens is 2. The number of benzene rings is 2. The smallest absolute Gasteiger partial charge is 0.224 e. The van der Waals surface area contributed by atoms with Crippen LogP contribution in [0.1, 0.15) is 24.1 Å². The van der Waals surface area contributed by atoms with Gasteiger partial charge in [-0.3, -0.25) is 4.79 Å². The summed E-state index contributed by atoms with van der Waals surface area (Å²) >= 11 is 7.54. The van der Waals surface area contributed by atoms with Gasteiger partial charge in [-0.25, -0.2) is 9.07 Å². The Morgan fingerprint density at radius 3 is 2.55 bits per heavy atom. The molecule has 0 bridgehead atoms. The molecule has 1 amide bonds. The van der Waals surface area contributed by atoms with E-state index >= 15 is 0 Å². The summed E-state index contributed by atoms with van der Waals surface area (Å²) in [6.07, 6.45) is 2.09. The van der Waals surface area contributed by atoms with Crippen molar-refractivity contribution >= 4 is 44.3 Å². The van der Waals surface area contributed by atoms with Crippen molar-refractivity contribution in [2.24, 2.45) is 0 Å². The van der Waals surface area contributed by atoms with Gasteiger partial charge in [0.25, 0.3) is 0 Å². The number of nitrogens with zero attached hydrogens (tertiary/aromatic N) is 4. The van der Waals surface area contributed by atoms with Gasteiger partial charge in [-0.1, -0.05) is 35.1 Å². The highest BCUT2D eigenvalue weighted by Gasteiger charge is 2.24. The predicted molar refractivity (Wildman–Crippen MR) is 130 cm³/mol. The van der Waals surface area contributed by atoms with Gasteiger partial charge in [0.2, 0.25) is 5.91 Å². The van der Waals surface area contributed by atoms with E-state index < -0.39 is 0 Å². The fourth-order valence-electron chi connectivity index (χ4n) is 4.10. The molecule has 0 unspecified atom stereocenters. The third kappa shape index (κ3) is 4.72. The number of amides is 1. The van der Waals surface area contributed by atoms with E-state index in [4.69, 9.17) is 16.6 Å². The van der Waals surface area contributed by atoms with E-state index in [1.165, 1.54) is 12.1 Å². The van der Waals surface area contributed by atoms with Crippen molar-refractivity contribution in [3.8, 4) is 5.69 Å². The zero-order chi connectivity index (χ0) is 22.9. The first kappa shape index (κ1) is 21.9. The van der Waals surface area contributed by atoms with Gasteiger partial charge >= 0.3 is 0 Å². The number of nitrogens with one attached hydrogen (secondary N) is 1. The maximum atomic E-state index is 13.3. The topological polar surface area (TPSA) is 63.1 Å².